The van der Waals surface area contributed by atoms with Gasteiger partial charge in [-0.3, -0.25) is 0 Å². The zero-order chi connectivity index (χ0) is 16.8. The fourth-order valence-corrected chi connectivity index (χ4v) is 2.88. The van der Waals surface area contributed by atoms with E-state index in [4.69, 9.17) is 17.0 Å². The minimum absolute atomic E-state index is 0.221. The molecule has 126 valence electrons. The number of ether oxygens (including phenoxy) is 1. The van der Waals surface area contributed by atoms with E-state index in [0.717, 1.165) is 18.5 Å². The molecular weight excluding hydrogens is 310 g/mol. The molecule has 2 N–H and O–H groups in total. The van der Waals surface area contributed by atoms with Gasteiger partial charge in [-0.05, 0) is 69.1 Å². The van der Waals surface area contributed by atoms with Crippen LogP contribution in [0.25, 0.3) is 0 Å². The smallest absolute Gasteiger partial charge is 0.409 e. The van der Waals surface area contributed by atoms with Crippen molar-refractivity contribution in [2.75, 3.05) is 25.0 Å². The Balaban J connectivity index is 1.78. The fourth-order valence-electron chi connectivity index (χ4n) is 2.59. The lowest BCUT2D eigenvalue weighted by atomic mass is 10.1. The number of carbonyl (C=O) groups excluding carboxylic acids is 1. The second kappa shape index (κ2) is 8.15. The first-order valence-corrected chi connectivity index (χ1v) is 8.47. The highest BCUT2D eigenvalue weighted by Gasteiger charge is 2.23. The van der Waals surface area contributed by atoms with E-state index in [9.17, 15) is 4.79 Å². The Morgan fingerprint density at radius 3 is 2.61 bits per heavy atom. The lowest BCUT2D eigenvalue weighted by Crippen LogP contribution is -2.47. The quantitative estimate of drug-likeness (QED) is 0.831. The van der Waals surface area contributed by atoms with E-state index in [2.05, 4.69) is 36.6 Å². The van der Waals surface area contributed by atoms with Crippen molar-refractivity contribution in [3.8, 4) is 0 Å². The second-order valence-corrected chi connectivity index (χ2v) is 6.27. The van der Waals surface area contributed by atoms with Gasteiger partial charge in [0.15, 0.2) is 5.11 Å². The Hall–Kier alpha value is -1.82. The summed E-state index contributed by atoms with van der Waals surface area (Å²) in [6.07, 6.45) is 1.52. The second-order valence-electron chi connectivity index (χ2n) is 5.86. The van der Waals surface area contributed by atoms with E-state index in [1.54, 1.807) is 4.90 Å². The maximum Gasteiger partial charge on any atom is 0.409 e. The minimum Gasteiger partial charge on any atom is -0.450 e. The largest absolute Gasteiger partial charge is 0.450 e. The lowest BCUT2D eigenvalue weighted by molar-refractivity contribution is 0.0964. The first-order valence-electron chi connectivity index (χ1n) is 8.06. The molecule has 1 aromatic carbocycles. The van der Waals surface area contributed by atoms with Crippen molar-refractivity contribution in [1.82, 2.24) is 10.2 Å². The Labute approximate surface area is 143 Å². The number of anilines is 1. The molecule has 1 aliphatic heterocycles. The number of aryl methyl sites for hydroxylation is 2. The number of nitrogens with one attached hydrogen (secondary N) is 2. The number of thiocarbonyl (C=S) groups is 1. The van der Waals surface area contributed by atoms with Gasteiger partial charge in [-0.1, -0.05) is 6.07 Å². The number of hydrogen-bond acceptors (Lipinski definition) is 3. The van der Waals surface area contributed by atoms with Crippen LogP contribution in [-0.4, -0.2) is 41.8 Å². The van der Waals surface area contributed by atoms with Gasteiger partial charge in [-0.25, -0.2) is 4.79 Å². The molecule has 1 aromatic rings. The van der Waals surface area contributed by atoms with E-state index in [0.29, 0.717) is 24.8 Å². The van der Waals surface area contributed by atoms with Crippen molar-refractivity contribution in [1.29, 1.82) is 0 Å². The van der Waals surface area contributed by atoms with Crippen LogP contribution < -0.4 is 10.6 Å². The number of nitrogens with zero attached hydrogens (tertiary/aromatic N) is 1. The van der Waals surface area contributed by atoms with Crippen molar-refractivity contribution < 1.29 is 9.53 Å². The molecule has 6 heteroatoms. The summed E-state index contributed by atoms with van der Waals surface area (Å²) in [5.74, 6) is 0. The predicted molar refractivity (Wildman–Crippen MR) is 96.9 cm³/mol. The Kier molecular flexibility index (Phi) is 6.21. The maximum absolute atomic E-state index is 11.7. The van der Waals surface area contributed by atoms with Gasteiger partial charge < -0.3 is 20.3 Å². The van der Waals surface area contributed by atoms with Crippen molar-refractivity contribution in [2.24, 2.45) is 0 Å². The summed E-state index contributed by atoms with van der Waals surface area (Å²) in [5, 5.41) is 7.19. The van der Waals surface area contributed by atoms with Crippen LogP contribution in [-0.2, 0) is 4.74 Å². The van der Waals surface area contributed by atoms with Gasteiger partial charge in [0.25, 0.3) is 0 Å². The normalized spacial score (nSPS) is 15.2. The number of benzene rings is 1. The highest BCUT2D eigenvalue weighted by atomic mass is 32.1. The molecule has 0 saturated carbocycles. The fraction of sp³-hybridized carbons (Fsp3) is 0.529. The summed E-state index contributed by atoms with van der Waals surface area (Å²) >= 11 is 5.39. The van der Waals surface area contributed by atoms with Gasteiger partial charge in [0, 0.05) is 24.8 Å². The SMILES string of the molecule is CCOC(=O)N1CCC(NC(=S)Nc2ccc(C)c(C)c2)CC1. The van der Waals surface area contributed by atoms with Crippen molar-refractivity contribution in [2.45, 2.75) is 39.7 Å². The molecular formula is C17H25N3O2S. The maximum atomic E-state index is 11.7. The van der Waals surface area contributed by atoms with Crippen LogP contribution in [0.3, 0.4) is 0 Å². The predicted octanol–water partition coefficient (Wildman–Crippen LogP) is 3.21. The molecule has 1 fully saturated rings. The third-order valence-electron chi connectivity index (χ3n) is 4.12. The number of likely N-dealkylation sites (tertiary alicyclic amines) is 1. The summed E-state index contributed by atoms with van der Waals surface area (Å²) in [6.45, 7) is 7.81. The van der Waals surface area contributed by atoms with Gasteiger partial charge >= 0.3 is 6.09 Å². The molecule has 1 heterocycles. The van der Waals surface area contributed by atoms with Crippen LogP contribution in [0, 0.1) is 13.8 Å². The summed E-state index contributed by atoms with van der Waals surface area (Å²) in [6, 6.07) is 6.48. The van der Waals surface area contributed by atoms with Crippen LogP contribution in [0.2, 0.25) is 0 Å². The molecule has 0 aliphatic carbocycles. The van der Waals surface area contributed by atoms with Crippen molar-refractivity contribution in [3.63, 3.8) is 0 Å². The molecule has 2 rings (SSSR count). The zero-order valence-electron chi connectivity index (χ0n) is 14.0. The van der Waals surface area contributed by atoms with Gasteiger partial charge in [-0.15, -0.1) is 0 Å². The van der Waals surface area contributed by atoms with E-state index < -0.39 is 0 Å². The molecule has 0 aromatic heterocycles. The number of piperidine rings is 1. The molecule has 0 spiro atoms. The van der Waals surface area contributed by atoms with Gasteiger partial charge in [0.1, 0.15) is 0 Å². The minimum atomic E-state index is -0.221. The molecule has 23 heavy (non-hydrogen) atoms. The Bertz CT molecular complexity index is 569. The number of carbonyl (C=O) groups is 1. The standard InChI is InChI=1S/C17H25N3O2S/c1-4-22-17(21)20-9-7-14(8-10-20)18-16(23)19-15-6-5-12(2)13(3)11-15/h5-6,11,14H,4,7-10H2,1-3H3,(H2,18,19,23). The highest BCUT2D eigenvalue weighted by Crippen LogP contribution is 2.15. The molecule has 0 atom stereocenters. The average molecular weight is 335 g/mol. The van der Waals surface area contributed by atoms with Crippen molar-refractivity contribution >= 4 is 29.1 Å². The topological polar surface area (TPSA) is 53.6 Å². The van der Waals surface area contributed by atoms with Crippen LogP contribution in [0.5, 0.6) is 0 Å². The van der Waals surface area contributed by atoms with Gasteiger partial charge in [0.2, 0.25) is 0 Å². The van der Waals surface area contributed by atoms with E-state index in [1.807, 2.05) is 13.0 Å². The summed E-state index contributed by atoms with van der Waals surface area (Å²) in [5.41, 5.74) is 3.50. The highest BCUT2D eigenvalue weighted by molar-refractivity contribution is 7.80. The summed E-state index contributed by atoms with van der Waals surface area (Å²) in [7, 11) is 0. The molecule has 1 amide bonds. The van der Waals surface area contributed by atoms with Crippen LogP contribution in [0.1, 0.15) is 30.9 Å². The summed E-state index contributed by atoms with van der Waals surface area (Å²) in [4.78, 5) is 13.4. The third-order valence-corrected chi connectivity index (χ3v) is 4.34. The monoisotopic (exact) mass is 335 g/mol. The molecule has 1 aliphatic rings. The first-order chi connectivity index (χ1) is 11.0. The molecule has 0 bridgehead atoms. The average Bonchev–Trinajstić information content (AvgIpc) is 2.52. The van der Waals surface area contributed by atoms with Gasteiger partial charge in [0.05, 0.1) is 6.61 Å². The van der Waals surface area contributed by atoms with E-state index in [-0.39, 0.29) is 12.1 Å². The van der Waals surface area contributed by atoms with Gasteiger partial charge in [-0.2, -0.15) is 0 Å². The van der Waals surface area contributed by atoms with Crippen molar-refractivity contribution in [3.05, 3.63) is 29.3 Å². The Morgan fingerprint density at radius 2 is 2.00 bits per heavy atom. The van der Waals surface area contributed by atoms with E-state index >= 15 is 0 Å². The Morgan fingerprint density at radius 1 is 1.30 bits per heavy atom. The number of amides is 1. The summed E-state index contributed by atoms with van der Waals surface area (Å²) < 4.78 is 5.03. The zero-order valence-corrected chi connectivity index (χ0v) is 14.8. The van der Waals surface area contributed by atoms with Crippen LogP contribution in [0.4, 0.5) is 10.5 Å². The van der Waals surface area contributed by atoms with Crippen LogP contribution >= 0.6 is 12.2 Å². The molecule has 0 unspecified atom stereocenters. The number of hydrogen-bond donors (Lipinski definition) is 2. The number of rotatable bonds is 3. The molecule has 0 radical (unpaired) electrons. The third kappa shape index (κ3) is 5.10. The lowest BCUT2D eigenvalue weighted by Gasteiger charge is -2.32. The molecule has 5 nitrogen and oxygen atoms in total. The molecule has 1 saturated heterocycles. The van der Waals surface area contributed by atoms with Crippen LogP contribution in [0.15, 0.2) is 18.2 Å². The first kappa shape index (κ1) is 17.5. The van der Waals surface area contributed by atoms with E-state index in [1.165, 1.54) is 11.1 Å².